The molecule has 3 aromatic rings. The molecule has 176 valence electrons. The highest BCUT2D eigenvalue weighted by Gasteiger charge is 2.43. The number of halogens is 6. The lowest BCUT2D eigenvalue weighted by Gasteiger charge is -2.24. The second-order valence-corrected chi connectivity index (χ2v) is 8.70. The van der Waals surface area contributed by atoms with Gasteiger partial charge in [-0.2, -0.15) is 27.1 Å². The molecule has 0 aliphatic rings. The molecule has 1 amide bonds. The maximum absolute atomic E-state index is 14.3. The van der Waals surface area contributed by atoms with Crippen molar-refractivity contribution in [2.24, 2.45) is 10.9 Å². The van der Waals surface area contributed by atoms with Crippen molar-refractivity contribution in [1.29, 1.82) is 0 Å². The molecule has 14 heteroatoms. The van der Waals surface area contributed by atoms with Crippen LogP contribution in [0.1, 0.15) is 29.2 Å². The zero-order valence-electron chi connectivity index (χ0n) is 16.2. The molecule has 0 aliphatic carbocycles. The molecule has 0 saturated carbocycles. The first kappa shape index (κ1) is 24.6. The summed E-state index contributed by atoms with van der Waals surface area (Å²) < 4.78 is 93.4. The van der Waals surface area contributed by atoms with Crippen LogP contribution in [0.5, 0.6) is 0 Å². The van der Waals surface area contributed by atoms with Crippen LogP contribution in [-0.2, 0) is 21.0 Å². The van der Waals surface area contributed by atoms with Crippen molar-refractivity contribution in [2.45, 2.75) is 23.5 Å². The van der Waals surface area contributed by atoms with E-state index in [0.717, 1.165) is 18.3 Å². The summed E-state index contributed by atoms with van der Waals surface area (Å²) in [6.07, 6.45) is -3.93. The van der Waals surface area contributed by atoms with Gasteiger partial charge in [0.1, 0.15) is 4.90 Å². The molecule has 4 N–H and O–H groups in total. The van der Waals surface area contributed by atoms with E-state index in [1.165, 1.54) is 24.3 Å². The number of primary sulfonamides is 1. The fourth-order valence-corrected chi connectivity index (χ4v) is 4.68. The summed E-state index contributed by atoms with van der Waals surface area (Å²) in [4.78, 5) is 10.8. The van der Waals surface area contributed by atoms with Crippen molar-refractivity contribution < 1.29 is 35.2 Å². The first-order valence-corrected chi connectivity index (χ1v) is 10.8. The van der Waals surface area contributed by atoms with Crippen molar-refractivity contribution in [2.75, 3.05) is 0 Å². The molecule has 2 aromatic carbocycles. The van der Waals surface area contributed by atoms with E-state index in [2.05, 4.69) is 5.10 Å². The Morgan fingerprint density at radius 3 is 2.21 bits per heavy atom. The molecule has 0 bridgehead atoms. The molecule has 0 spiro atoms. The van der Waals surface area contributed by atoms with Gasteiger partial charge in [0.05, 0.1) is 17.7 Å². The number of amides is 1. The number of benzene rings is 2. The Labute approximate surface area is 188 Å². The van der Waals surface area contributed by atoms with E-state index in [4.69, 9.17) is 22.5 Å². The highest BCUT2D eigenvalue weighted by Crippen LogP contribution is 2.45. The van der Waals surface area contributed by atoms with E-state index in [9.17, 15) is 35.2 Å². The van der Waals surface area contributed by atoms with Crippen LogP contribution in [0.4, 0.5) is 22.0 Å². The summed E-state index contributed by atoms with van der Waals surface area (Å²) in [7, 11) is -5.11. The van der Waals surface area contributed by atoms with Crippen LogP contribution in [-0.4, -0.2) is 24.1 Å². The Bertz CT molecular complexity index is 1330. The van der Waals surface area contributed by atoms with Crippen molar-refractivity contribution in [3.8, 4) is 11.1 Å². The Balaban J connectivity index is 2.44. The number of rotatable bonds is 6. The third-order valence-corrected chi connectivity index (χ3v) is 6.02. The number of hydrogen-bond donors (Lipinski definition) is 2. The summed E-state index contributed by atoms with van der Waals surface area (Å²) in [5.41, 5.74) is 1.69. The van der Waals surface area contributed by atoms with Gasteiger partial charge < -0.3 is 5.73 Å². The quantitative estimate of drug-likeness (QED) is 0.491. The van der Waals surface area contributed by atoms with Crippen molar-refractivity contribution in [1.82, 2.24) is 9.78 Å². The number of primary amides is 1. The van der Waals surface area contributed by atoms with Crippen LogP contribution in [0.15, 0.2) is 53.7 Å². The molecule has 0 saturated heterocycles. The van der Waals surface area contributed by atoms with E-state index in [1.807, 2.05) is 0 Å². The minimum absolute atomic E-state index is 0.0890. The molecule has 33 heavy (non-hydrogen) atoms. The summed E-state index contributed by atoms with van der Waals surface area (Å²) in [5.74, 6) is -3.04. The van der Waals surface area contributed by atoms with Crippen LogP contribution in [0.3, 0.4) is 0 Å². The smallest absolute Gasteiger partial charge is 0.369 e. The molecule has 3 rings (SSSR count). The third kappa shape index (κ3) is 4.84. The summed E-state index contributed by atoms with van der Waals surface area (Å²) in [5, 5.41) is 8.35. The SMILES string of the molecule is NC(=O)C(c1ccccc1Cl)c1ccc(-c2cnn(C(F)F)c2)c(S(N)(=O)=O)c1C(F)(F)F. The van der Waals surface area contributed by atoms with Gasteiger partial charge in [-0.1, -0.05) is 41.9 Å². The number of carbonyl (C=O) groups is 1. The normalized spacial score (nSPS) is 13.3. The minimum Gasteiger partial charge on any atom is -0.369 e. The maximum atomic E-state index is 14.3. The third-order valence-electron chi connectivity index (χ3n) is 4.68. The van der Waals surface area contributed by atoms with Gasteiger partial charge in [-0.15, -0.1) is 0 Å². The van der Waals surface area contributed by atoms with E-state index < -0.39 is 56.2 Å². The number of alkyl halides is 5. The Morgan fingerprint density at radius 2 is 1.73 bits per heavy atom. The Kier molecular flexibility index (Phi) is 6.51. The second-order valence-electron chi connectivity index (χ2n) is 6.79. The zero-order valence-corrected chi connectivity index (χ0v) is 17.8. The monoisotopic (exact) mass is 508 g/mol. The molecule has 0 fully saturated rings. The fraction of sp³-hybridized carbons (Fsp3) is 0.158. The first-order valence-electron chi connectivity index (χ1n) is 8.86. The van der Waals surface area contributed by atoms with Gasteiger partial charge >= 0.3 is 12.7 Å². The molecular formula is C19H14ClF5N4O3S. The van der Waals surface area contributed by atoms with Gasteiger partial charge in [0, 0.05) is 22.3 Å². The average Bonchev–Trinajstić information content (AvgIpc) is 3.18. The van der Waals surface area contributed by atoms with Gasteiger partial charge in [0.25, 0.3) is 0 Å². The van der Waals surface area contributed by atoms with Gasteiger partial charge in [-0.3, -0.25) is 4.79 Å². The van der Waals surface area contributed by atoms with E-state index in [1.54, 1.807) is 0 Å². The van der Waals surface area contributed by atoms with Crippen LogP contribution >= 0.6 is 11.6 Å². The van der Waals surface area contributed by atoms with Crippen LogP contribution in [0.2, 0.25) is 5.02 Å². The van der Waals surface area contributed by atoms with Gasteiger partial charge in [-0.25, -0.2) is 18.2 Å². The standard InChI is InChI=1S/C19H14ClF5N4O3S/c20-13-4-2-1-3-11(13)14(17(26)30)12-6-5-10(9-7-28-29(8-9)18(21)22)16(33(27,31)32)15(12)19(23,24)25/h1-8,14,18H,(H2,26,30)(H2,27,31,32). The number of nitrogens with zero attached hydrogens (tertiary/aromatic N) is 2. The molecule has 0 radical (unpaired) electrons. The zero-order chi connectivity index (χ0) is 24.7. The van der Waals surface area contributed by atoms with Crippen molar-refractivity contribution in [3.63, 3.8) is 0 Å². The van der Waals surface area contributed by atoms with Crippen LogP contribution in [0.25, 0.3) is 11.1 Å². The molecule has 1 unspecified atom stereocenters. The Morgan fingerprint density at radius 1 is 1.09 bits per heavy atom. The van der Waals surface area contributed by atoms with Gasteiger partial charge in [-0.05, 0) is 17.2 Å². The van der Waals surface area contributed by atoms with E-state index in [0.29, 0.717) is 6.20 Å². The number of sulfonamides is 1. The van der Waals surface area contributed by atoms with E-state index in [-0.39, 0.29) is 20.8 Å². The number of carbonyl (C=O) groups excluding carboxylic acids is 1. The van der Waals surface area contributed by atoms with E-state index >= 15 is 0 Å². The lowest BCUT2D eigenvalue weighted by molar-refractivity contribution is -0.140. The molecule has 7 nitrogen and oxygen atoms in total. The average molecular weight is 509 g/mol. The second kappa shape index (κ2) is 8.72. The number of aromatic nitrogens is 2. The van der Waals surface area contributed by atoms with Gasteiger partial charge in [0.2, 0.25) is 15.9 Å². The maximum Gasteiger partial charge on any atom is 0.418 e. The molecule has 0 aliphatic heterocycles. The fourth-order valence-electron chi connectivity index (χ4n) is 3.42. The number of nitrogens with two attached hydrogens (primary N) is 2. The Hall–Kier alpha value is -3.03. The summed E-state index contributed by atoms with van der Waals surface area (Å²) in [6.45, 7) is -3.13. The number of hydrogen-bond acceptors (Lipinski definition) is 4. The van der Waals surface area contributed by atoms with Gasteiger partial charge in [0.15, 0.2) is 0 Å². The molecule has 1 heterocycles. The summed E-state index contributed by atoms with van der Waals surface area (Å²) >= 11 is 6.05. The summed E-state index contributed by atoms with van der Waals surface area (Å²) in [6, 6.07) is 7.17. The predicted octanol–water partition coefficient (Wildman–Crippen LogP) is 3.88. The topological polar surface area (TPSA) is 121 Å². The van der Waals surface area contributed by atoms with Crippen LogP contribution < -0.4 is 10.9 Å². The largest absolute Gasteiger partial charge is 0.418 e. The van der Waals surface area contributed by atoms with Crippen molar-refractivity contribution in [3.05, 3.63) is 70.5 Å². The predicted molar refractivity (Wildman–Crippen MR) is 108 cm³/mol. The molecular weight excluding hydrogens is 495 g/mol. The lowest BCUT2D eigenvalue weighted by Crippen LogP contribution is -2.28. The first-order chi connectivity index (χ1) is 15.2. The van der Waals surface area contributed by atoms with Crippen LogP contribution in [0, 0.1) is 0 Å². The minimum atomic E-state index is -5.35. The molecule has 1 atom stereocenters. The lowest BCUT2D eigenvalue weighted by atomic mass is 9.85. The molecule has 1 aromatic heterocycles. The highest BCUT2D eigenvalue weighted by atomic mass is 35.5. The highest BCUT2D eigenvalue weighted by molar-refractivity contribution is 7.89. The van der Waals surface area contributed by atoms with Crippen molar-refractivity contribution >= 4 is 27.5 Å².